The number of rotatable bonds is 9. The Morgan fingerprint density at radius 3 is 1.95 bits per heavy atom. The Labute approximate surface area is 229 Å². The highest BCUT2D eigenvalue weighted by atomic mass is 16.5. The SMILES string of the molecule is COc1cccc(CN2CCC(C(=O)N(CCc3ccccc3)Cc3ccccc3)CC2)c1.O=C(O)C(=O)O. The molecule has 8 nitrogen and oxygen atoms in total. The number of hydrogen-bond donors (Lipinski definition) is 2. The lowest BCUT2D eigenvalue weighted by Crippen LogP contribution is -2.42. The van der Waals surface area contributed by atoms with Gasteiger partial charge in [0.2, 0.25) is 5.91 Å². The number of methoxy groups -OCH3 is 1. The summed E-state index contributed by atoms with van der Waals surface area (Å²) in [4.78, 5) is 36.3. The summed E-state index contributed by atoms with van der Waals surface area (Å²) >= 11 is 0. The number of likely N-dealkylation sites (tertiary alicyclic amines) is 1. The maximum atomic E-state index is 13.6. The fourth-order valence-corrected chi connectivity index (χ4v) is 4.60. The molecule has 2 N–H and O–H groups in total. The summed E-state index contributed by atoms with van der Waals surface area (Å²) in [5.41, 5.74) is 3.72. The molecule has 1 fully saturated rings. The molecule has 3 aromatic rings. The van der Waals surface area contributed by atoms with Crippen molar-refractivity contribution in [3.05, 3.63) is 102 Å². The van der Waals surface area contributed by atoms with Gasteiger partial charge >= 0.3 is 11.9 Å². The van der Waals surface area contributed by atoms with Crippen LogP contribution in [0.3, 0.4) is 0 Å². The van der Waals surface area contributed by atoms with Crippen molar-refractivity contribution in [2.75, 3.05) is 26.7 Å². The topological polar surface area (TPSA) is 107 Å². The highest BCUT2D eigenvalue weighted by molar-refractivity contribution is 6.27. The number of amides is 1. The van der Waals surface area contributed by atoms with Gasteiger partial charge in [-0.1, -0.05) is 72.8 Å². The first-order chi connectivity index (χ1) is 18.9. The molecule has 0 aromatic heterocycles. The van der Waals surface area contributed by atoms with Gasteiger partial charge in [-0.05, 0) is 61.2 Å². The van der Waals surface area contributed by atoms with E-state index in [1.807, 2.05) is 36.4 Å². The van der Waals surface area contributed by atoms with E-state index in [-0.39, 0.29) is 5.92 Å². The van der Waals surface area contributed by atoms with E-state index in [4.69, 9.17) is 24.5 Å². The first-order valence-electron chi connectivity index (χ1n) is 13.0. The Morgan fingerprint density at radius 2 is 1.38 bits per heavy atom. The van der Waals surface area contributed by atoms with Crippen LogP contribution in [0.2, 0.25) is 0 Å². The highest BCUT2D eigenvalue weighted by Gasteiger charge is 2.28. The third-order valence-electron chi connectivity index (χ3n) is 6.70. The zero-order valence-corrected chi connectivity index (χ0v) is 22.2. The molecule has 1 aliphatic rings. The summed E-state index contributed by atoms with van der Waals surface area (Å²) in [5, 5.41) is 14.8. The van der Waals surface area contributed by atoms with Crippen molar-refractivity contribution >= 4 is 17.8 Å². The smallest absolute Gasteiger partial charge is 0.414 e. The van der Waals surface area contributed by atoms with Crippen LogP contribution in [0, 0.1) is 5.92 Å². The summed E-state index contributed by atoms with van der Waals surface area (Å²) in [7, 11) is 1.70. The van der Waals surface area contributed by atoms with E-state index < -0.39 is 11.9 Å². The molecule has 0 bridgehead atoms. The van der Waals surface area contributed by atoms with Gasteiger partial charge in [-0.3, -0.25) is 9.69 Å². The molecule has 0 saturated carbocycles. The average Bonchev–Trinajstić information content (AvgIpc) is 2.97. The zero-order valence-electron chi connectivity index (χ0n) is 22.2. The minimum Gasteiger partial charge on any atom is -0.497 e. The molecular weight excluding hydrogens is 496 g/mol. The van der Waals surface area contributed by atoms with Gasteiger partial charge in [-0.2, -0.15) is 0 Å². The lowest BCUT2D eigenvalue weighted by atomic mass is 9.94. The van der Waals surface area contributed by atoms with Crippen molar-refractivity contribution in [2.45, 2.75) is 32.4 Å². The van der Waals surface area contributed by atoms with Crippen LogP contribution < -0.4 is 4.74 Å². The second-order valence-corrected chi connectivity index (χ2v) is 9.49. The van der Waals surface area contributed by atoms with E-state index >= 15 is 0 Å². The predicted octanol–water partition coefficient (Wildman–Crippen LogP) is 4.33. The van der Waals surface area contributed by atoms with E-state index in [0.29, 0.717) is 12.5 Å². The number of benzene rings is 3. The second kappa shape index (κ2) is 15.3. The molecule has 0 spiro atoms. The second-order valence-electron chi connectivity index (χ2n) is 9.49. The average molecular weight is 533 g/mol. The maximum Gasteiger partial charge on any atom is 0.414 e. The first kappa shape index (κ1) is 29.4. The van der Waals surface area contributed by atoms with E-state index in [1.165, 1.54) is 16.7 Å². The van der Waals surface area contributed by atoms with Crippen LogP contribution in [0.15, 0.2) is 84.9 Å². The van der Waals surface area contributed by atoms with Crippen molar-refractivity contribution in [1.82, 2.24) is 9.80 Å². The van der Waals surface area contributed by atoms with Crippen LogP contribution in [0.1, 0.15) is 29.5 Å². The van der Waals surface area contributed by atoms with Gasteiger partial charge in [-0.15, -0.1) is 0 Å². The quantitative estimate of drug-likeness (QED) is 0.395. The van der Waals surface area contributed by atoms with E-state index in [2.05, 4.69) is 58.3 Å². The lowest BCUT2D eigenvalue weighted by molar-refractivity contribution is -0.159. The predicted molar refractivity (Wildman–Crippen MR) is 148 cm³/mol. The van der Waals surface area contributed by atoms with Crippen LogP contribution in [-0.2, 0) is 33.9 Å². The largest absolute Gasteiger partial charge is 0.497 e. The fraction of sp³-hybridized carbons (Fsp3) is 0.323. The number of carbonyl (C=O) groups is 3. The van der Waals surface area contributed by atoms with Gasteiger partial charge in [0, 0.05) is 25.6 Å². The number of aliphatic carboxylic acids is 2. The Morgan fingerprint density at radius 1 is 0.821 bits per heavy atom. The van der Waals surface area contributed by atoms with E-state index in [0.717, 1.165) is 51.2 Å². The monoisotopic (exact) mass is 532 g/mol. The Kier molecular flexibility index (Phi) is 11.5. The molecule has 39 heavy (non-hydrogen) atoms. The van der Waals surface area contributed by atoms with E-state index in [1.54, 1.807) is 7.11 Å². The highest BCUT2D eigenvalue weighted by Crippen LogP contribution is 2.23. The summed E-state index contributed by atoms with van der Waals surface area (Å²) in [6.45, 7) is 4.23. The number of carboxylic acid groups (broad SMARTS) is 2. The van der Waals surface area contributed by atoms with Crippen molar-refractivity contribution < 1.29 is 29.3 Å². The summed E-state index contributed by atoms with van der Waals surface area (Å²) in [6, 6.07) is 29.1. The standard InChI is InChI=1S/C29H34N2O2.C2H2O4/c1-33-28-14-8-13-26(21-28)22-30-18-16-27(17-19-30)29(32)31(23-25-11-6-3-7-12-25)20-15-24-9-4-2-5-10-24;3-1(4)2(5)6/h2-14,21,27H,15-20,22-23H2,1H3;(H,3,4)(H,5,6). The molecule has 0 radical (unpaired) electrons. The normalized spacial score (nSPS) is 13.6. The molecular formula is C31H36N2O6. The maximum absolute atomic E-state index is 13.6. The van der Waals surface area contributed by atoms with Crippen LogP contribution in [0.5, 0.6) is 5.75 Å². The molecule has 3 aromatic carbocycles. The molecule has 206 valence electrons. The molecule has 1 heterocycles. The van der Waals surface area contributed by atoms with Crippen LogP contribution >= 0.6 is 0 Å². The summed E-state index contributed by atoms with van der Waals surface area (Å²) in [5.74, 6) is -2.35. The Hall–Kier alpha value is -4.17. The minimum absolute atomic E-state index is 0.103. The first-order valence-corrected chi connectivity index (χ1v) is 13.0. The van der Waals surface area contributed by atoms with Gasteiger partial charge in [-0.25, -0.2) is 9.59 Å². The minimum atomic E-state index is -1.82. The third-order valence-corrected chi connectivity index (χ3v) is 6.70. The fourth-order valence-electron chi connectivity index (χ4n) is 4.60. The van der Waals surface area contributed by atoms with Crippen molar-refractivity contribution in [3.8, 4) is 5.75 Å². The van der Waals surface area contributed by atoms with Gasteiger partial charge in [0.1, 0.15) is 5.75 Å². The zero-order chi connectivity index (χ0) is 28.0. The van der Waals surface area contributed by atoms with Crippen molar-refractivity contribution in [1.29, 1.82) is 0 Å². The van der Waals surface area contributed by atoms with Crippen molar-refractivity contribution in [3.63, 3.8) is 0 Å². The van der Waals surface area contributed by atoms with E-state index in [9.17, 15) is 4.79 Å². The Bertz CT molecular complexity index is 1180. The van der Waals surface area contributed by atoms with Crippen LogP contribution in [0.4, 0.5) is 0 Å². The molecule has 1 saturated heterocycles. The number of nitrogens with zero attached hydrogens (tertiary/aromatic N) is 2. The summed E-state index contributed by atoms with van der Waals surface area (Å²) in [6.07, 6.45) is 2.72. The molecule has 8 heteroatoms. The lowest BCUT2D eigenvalue weighted by Gasteiger charge is -2.34. The van der Waals surface area contributed by atoms with Crippen LogP contribution in [0.25, 0.3) is 0 Å². The number of piperidine rings is 1. The Balaban J connectivity index is 0.000000631. The molecule has 0 unspecified atom stereocenters. The molecule has 0 aliphatic carbocycles. The number of hydrogen-bond acceptors (Lipinski definition) is 5. The molecule has 1 amide bonds. The molecule has 0 atom stereocenters. The number of carbonyl (C=O) groups excluding carboxylic acids is 1. The van der Waals surface area contributed by atoms with Gasteiger partial charge < -0.3 is 19.8 Å². The van der Waals surface area contributed by atoms with Gasteiger partial charge in [0.05, 0.1) is 7.11 Å². The molecule has 1 aliphatic heterocycles. The third kappa shape index (κ3) is 9.90. The van der Waals surface area contributed by atoms with Crippen LogP contribution in [-0.4, -0.2) is 64.6 Å². The van der Waals surface area contributed by atoms with Gasteiger partial charge in [0.15, 0.2) is 0 Å². The van der Waals surface area contributed by atoms with Crippen molar-refractivity contribution in [2.24, 2.45) is 5.92 Å². The molecule has 4 rings (SSSR count). The van der Waals surface area contributed by atoms with Gasteiger partial charge in [0.25, 0.3) is 0 Å². The number of carboxylic acids is 2. The number of ether oxygens (including phenoxy) is 1. The summed E-state index contributed by atoms with van der Waals surface area (Å²) < 4.78 is 5.35.